The highest BCUT2D eigenvalue weighted by molar-refractivity contribution is 4.98. The molecule has 0 unspecified atom stereocenters. The van der Waals surface area contributed by atoms with Gasteiger partial charge in [-0.3, -0.25) is 0 Å². The van der Waals surface area contributed by atoms with Crippen LogP contribution in [0.3, 0.4) is 0 Å². The summed E-state index contributed by atoms with van der Waals surface area (Å²) in [6, 6.07) is 0. The van der Waals surface area contributed by atoms with E-state index in [1.807, 2.05) is 0 Å². The Labute approximate surface area is 58.3 Å². The van der Waals surface area contributed by atoms with Crippen molar-refractivity contribution in [3.8, 4) is 0 Å². The van der Waals surface area contributed by atoms with E-state index in [0.717, 1.165) is 6.42 Å². The number of hydrogen-bond donors (Lipinski definition) is 0. The summed E-state index contributed by atoms with van der Waals surface area (Å²) >= 11 is 0. The average molecular weight is 124 g/mol. The zero-order valence-electron chi connectivity index (χ0n) is 6.48. The summed E-state index contributed by atoms with van der Waals surface area (Å²) in [6.07, 6.45) is 7.89. The molecule has 0 aliphatic carbocycles. The molecule has 0 spiro atoms. The van der Waals surface area contributed by atoms with Crippen molar-refractivity contribution in [1.29, 1.82) is 0 Å². The summed E-state index contributed by atoms with van der Waals surface area (Å²) in [5.74, 6) is 0. The van der Waals surface area contributed by atoms with Crippen LogP contribution in [0.25, 0.3) is 0 Å². The number of unbranched alkanes of at least 4 members (excludes halogenated alkanes) is 1. The molecule has 0 saturated heterocycles. The highest BCUT2D eigenvalue weighted by Crippen LogP contribution is 1.97. The molecule has 0 fully saturated rings. The molecule has 0 bridgehead atoms. The Balaban J connectivity index is 3.14. The van der Waals surface area contributed by atoms with Crippen LogP contribution in [0.15, 0.2) is 24.3 Å². The molecule has 0 amide bonds. The van der Waals surface area contributed by atoms with E-state index < -0.39 is 0 Å². The minimum atomic E-state index is 1.04. The fraction of sp³-hybridized carbons (Fsp3) is 0.556. The van der Waals surface area contributed by atoms with Crippen molar-refractivity contribution >= 4 is 0 Å². The first-order valence-electron chi connectivity index (χ1n) is 3.56. The second-order valence-corrected chi connectivity index (χ2v) is 2.42. The smallest absolute Gasteiger partial charge is 0.0144 e. The van der Waals surface area contributed by atoms with E-state index in [4.69, 9.17) is 0 Å². The molecule has 0 radical (unpaired) electrons. The van der Waals surface area contributed by atoms with Crippen LogP contribution in [0.5, 0.6) is 0 Å². The van der Waals surface area contributed by atoms with E-state index in [9.17, 15) is 0 Å². The zero-order chi connectivity index (χ0) is 7.11. The number of rotatable bonds is 4. The summed E-state index contributed by atoms with van der Waals surface area (Å²) in [5, 5.41) is 0. The summed E-state index contributed by atoms with van der Waals surface area (Å²) in [6.45, 7) is 8.04. The molecule has 0 N–H and O–H groups in total. The Morgan fingerprint density at radius 2 is 2.11 bits per heavy atom. The lowest BCUT2D eigenvalue weighted by Gasteiger charge is -1.88. The lowest BCUT2D eigenvalue weighted by atomic mass is 10.2. The van der Waals surface area contributed by atoms with E-state index in [1.54, 1.807) is 0 Å². The number of hydrogen-bond acceptors (Lipinski definition) is 0. The Hall–Kier alpha value is -0.520. The summed E-state index contributed by atoms with van der Waals surface area (Å²) in [7, 11) is 0. The lowest BCUT2D eigenvalue weighted by molar-refractivity contribution is 0.953. The average Bonchev–Trinajstić information content (AvgIpc) is 1.80. The van der Waals surface area contributed by atoms with Crippen LogP contribution in [0.1, 0.15) is 33.1 Å². The zero-order valence-corrected chi connectivity index (χ0v) is 6.48. The van der Waals surface area contributed by atoms with Gasteiger partial charge >= 0.3 is 0 Å². The molecule has 0 rings (SSSR count). The maximum Gasteiger partial charge on any atom is -0.0144 e. The maximum absolute atomic E-state index is 3.80. The van der Waals surface area contributed by atoms with Gasteiger partial charge in [0.25, 0.3) is 0 Å². The fourth-order valence-corrected chi connectivity index (χ4v) is 0.569. The second kappa shape index (κ2) is 5.61. The third kappa shape index (κ3) is 7.48. The van der Waals surface area contributed by atoms with E-state index in [2.05, 4.69) is 32.6 Å². The van der Waals surface area contributed by atoms with Crippen molar-refractivity contribution in [2.75, 3.05) is 0 Å². The van der Waals surface area contributed by atoms with Gasteiger partial charge in [0.1, 0.15) is 0 Å². The molecular formula is C9H16. The molecule has 0 nitrogen and oxygen atoms in total. The van der Waals surface area contributed by atoms with Gasteiger partial charge < -0.3 is 0 Å². The molecule has 0 aromatic rings. The topological polar surface area (TPSA) is 0 Å². The molecule has 0 atom stereocenters. The van der Waals surface area contributed by atoms with Crippen molar-refractivity contribution < 1.29 is 0 Å². The normalized spacial score (nSPS) is 10.4. The summed E-state index contributed by atoms with van der Waals surface area (Å²) in [4.78, 5) is 0. The van der Waals surface area contributed by atoms with E-state index in [0.29, 0.717) is 0 Å². The first-order chi connectivity index (χ1) is 4.27. The Morgan fingerprint density at radius 1 is 1.44 bits per heavy atom. The van der Waals surface area contributed by atoms with Crippen molar-refractivity contribution in [2.24, 2.45) is 0 Å². The molecule has 0 aliphatic heterocycles. The van der Waals surface area contributed by atoms with Crippen molar-refractivity contribution in [1.82, 2.24) is 0 Å². The van der Waals surface area contributed by atoms with E-state index in [-0.39, 0.29) is 0 Å². The van der Waals surface area contributed by atoms with Crippen LogP contribution in [0.4, 0.5) is 0 Å². The van der Waals surface area contributed by atoms with Gasteiger partial charge in [-0.1, -0.05) is 37.6 Å². The highest BCUT2D eigenvalue weighted by Gasteiger charge is 1.77. The molecule has 0 aromatic heterocycles. The van der Waals surface area contributed by atoms with Gasteiger partial charge in [-0.15, -0.1) is 0 Å². The molecule has 0 heteroatoms. The minimum Gasteiger partial charge on any atom is -0.0998 e. The molecule has 0 heterocycles. The summed E-state index contributed by atoms with van der Waals surface area (Å²) in [5.41, 5.74) is 1.24. The Kier molecular flexibility index (Phi) is 5.29. The van der Waals surface area contributed by atoms with Crippen molar-refractivity contribution in [3.63, 3.8) is 0 Å². The van der Waals surface area contributed by atoms with Crippen molar-refractivity contribution in [3.05, 3.63) is 24.3 Å². The van der Waals surface area contributed by atoms with Gasteiger partial charge in [-0.25, -0.2) is 0 Å². The SMILES string of the molecule is C=C(C)CC=CCCC. The largest absolute Gasteiger partial charge is 0.0998 e. The molecule has 9 heavy (non-hydrogen) atoms. The quantitative estimate of drug-likeness (QED) is 0.504. The first kappa shape index (κ1) is 8.48. The van der Waals surface area contributed by atoms with Crippen LogP contribution in [0.2, 0.25) is 0 Å². The van der Waals surface area contributed by atoms with Gasteiger partial charge in [0.05, 0.1) is 0 Å². The van der Waals surface area contributed by atoms with Gasteiger partial charge in [-0.2, -0.15) is 0 Å². The van der Waals surface area contributed by atoms with Gasteiger partial charge in [0, 0.05) is 0 Å². The third-order valence-electron chi connectivity index (χ3n) is 1.09. The summed E-state index contributed by atoms with van der Waals surface area (Å²) < 4.78 is 0. The predicted molar refractivity (Wildman–Crippen MR) is 43.5 cm³/mol. The van der Waals surface area contributed by atoms with Crippen LogP contribution in [-0.4, -0.2) is 0 Å². The van der Waals surface area contributed by atoms with Crippen LogP contribution < -0.4 is 0 Å². The maximum atomic E-state index is 3.80. The van der Waals surface area contributed by atoms with Gasteiger partial charge in [0.15, 0.2) is 0 Å². The second-order valence-electron chi connectivity index (χ2n) is 2.42. The standard InChI is InChI=1S/C9H16/c1-4-5-6-7-8-9(2)3/h6-7H,2,4-5,8H2,1,3H3. The predicted octanol–water partition coefficient (Wildman–Crippen LogP) is 3.31. The van der Waals surface area contributed by atoms with Crippen LogP contribution >= 0.6 is 0 Å². The highest BCUT2D eigenvalue weighted by atomic mass is 13.8. The lowest BCUT2D eigenvalue weighted by Crippen LogP contribution is -1.67. The Bertz CT molecular complexity index is 98.6. The number of allylic oxidation sites excluding steroid dienone is 3. The van der Waals surface area contributed by atoms with Crippen molar-refractivity contribution in [2.45, 2.75) is 33.1 Å². The monoisotopic (exact) mass is 124 g/mol. The van der Waals surface area contributed by atoms with Gasteiger partial charge in [-0.05, 0) is 19.8 Å². The molecule has 0 aromatic carbocycles. The van der Waals surface area contributed by atoms with Gasteiger partial charge in [0.2, 0.25) is 0 Å². The van der Waals surface area contributed by atoms with Crippen LogP contribution in [-0.2, 0) is 0 Å². The molecule has 52 valence electrons. The molecule has 0 saturated carbocycles. The van der Waals surface area contributed by atoms with Crippen LogP contribution in [0, 0.1) is 0 Å². The van der Waals surface area contributed by atoms with E-state index in [1.165, 1.54) is 18.4 Å². The minimum absolute atomic E-state index is 1.04. The molecule has 0 aliphatic rings. The molecular weight excluding hydrogens is 108 g/mol. The van der Waals surface area contributed by atoms with E-state index >= 15 is 0 Å². The third-order valence-corrected chi connectivity index (χ3v) is 1.09. The first-order valence-corrected chi connectivity index (χ1v) is 3.56. The Morgan fingerprint density at radius 3 is 2.56 bits per heavy atom. The fourth-order valence-electron chi connectivity index (χ4n) is 0.569.